The third kappa shape index (κ3) is 2.86. The van der Waals surface area contributed by atoms with Crippen LogP contribution < -0.4 is 4.74 Å². The van der Waals surface area contributed by atoms with Crippen LogP contribution in [-0.2, 0) is 0 Å². The Morgan fingerprint density at radius 1 is 1.53 bits per heavy atom. The first-order chi connectivity index (χ1) is 7.22. The molecule has 0 saturated carbocycles. The third-order valence-corrected chi connectivity index (χ3v) is 2.32. The van der Waals surface area contributed by atoms with E-state index in [2.05, 4.69) is 5.16 Å². The van der Waals surface area contributed by atoms with Gasteiger partial charge in [0.15, 0.2) is 0 Å². The molecule has 82 valence electrons. The summed E-state index contributed by atoms with van der Waals surface area (Å²) in [4.78, 5) is 0. The van der Waals surface area contributed by atoms with Crippen LogP contribution in [0.15, 0.2) is 23.4 Å². The van der Waals surface area contributed by atoms with Gasteiger partial charge in [0.25, 0.3) is 0 Å². The Morgan fingerprint density at radius 2 is 2.27 bits per heavy atom. The second kappa shape index (κ2) is 5.61. The summed E-state index contributed by atoms with van der Waals surface area (Å²) in [5.41, 5.74) is 1.34. The van der Waals surface area contributed by atoms with E-state index in [4.69, 9.17) is 21.5 Å². The van der Waals surface area contributed by atoms with Crippen LogP contribution >= 0.6 is 11.6 Å². The lowest BCUT2D eigenvalue weighted by atomic mass is 10.1. The predicted molar refractivity (Wildman–Crippen MR) is 61.2 cm³/mol. The Bertz CT molecular complexity index is 364. The van der Waals surface area contributed by atoms with Gasteiger partial charge in [0.1, 0.15) is 5.75 Å². The van der Waals surface area contributed by atoms with Crippen LogP contribution in [-0.4, -0.2) is 18.0 Å². The zero-order valence-electron chi connectivity index (χ0n) is 8.83. The third-order valence-electron chi connectivity index (χ3n) is 2.08. The van der Waals surface area contributed by atoms with Gasteiger partial charge in [-0.25, -0.2) is 0 Å². The van der Waals surface area contributed by atoms with Crippen LogP contribution in [0.4, 0.5) is 0 Å². The number of halogens is 1. The van der Waals surface area contributed by atoms with Gasteiger partial charge < -0.3 is 9.94 Å². The van der Waals surface area contributed by atoms with Crippen LogP contribution in [0.2, 0.25) is 5.02 Å². The number of methoxy groups -OCH3 is 1. The number of nitrogens with zero attached hydrogens (tertiary/aromatic N) is 1. The first kappa shape index (κ1) is 11.9. The first-order valence-corrected chi connectivity index (χ1v) is 5.15. The SMILES string of the molecule is CCC/C(=N\O)c1cc(Cl)ccc1OC. The van der Waals surface area contributed by atoms with Crippen molar-refractivity contribution in [3.63, 3.8) is 0 Å². The second-order valence-electron chi connectivity index (χ2n) is 3.14. The maximum absolute atomic E-state index is 8.91. The van der Waals surface area contributed by atoms with E-state index in [0.717, 1.165) is 12.0 Å². The lowest BCUT2D eigenvalue weighted by molar-refractivity contribution is 0.317. The summed E-state index contributed by atoms with van der Waals surface area (Å²) in [6, 6.07) is 5.24. The summed E-state index contributed by atoms with van der Waals surface area (Å²) >= 11 is 5.88. The van der Waals surface area contributed by atoms with Gasteiger partial charge >= 0.3 is 0 Å². The molecule has 0 spiro atoms. The largest absolute Gasteiger partial charge is 0.496 e. The molecule has 0 atom stereocenters. The molecule has 0 unspecified atom stereocenters. The molecule has 0 aliphatic heterocycles. The van der Waals surface area contributed by atoms with Crippen LogP contribution in [0.1, 0.15) is 25.3 Å². The molecule has 1 aromatic carbocycles. The van der Waals surface area contributed by atoms with Gasteiger partial charge in [-0.1, -0.05) is 30.1 Å². The Hall–Kier alpha value is -1.22. The van der Waals surface area contributed by atoms with E-state index in [1.165, 1.54) is 0 Å². The molecular formula is C11H14ClNO2. The molecule has 1 N–H and O–H groups in total. The lowest BCUT2D eigenvalue weighted by Gasteiger charge is -2.09. The normalized spacial score (nSPS) is 11.5. The number of ether oxygens (including phenoxy) is 1. The van der Waals surface area contributed by atoms with Gasteiger partial charge in [-0.2, -0.15) is 0 Å². The molecule has 0 heterocycles. The van der Waals surface area contributed by atoms with Crippen LogP contribution in [0, 0.1) is 0 Å². The fourth-order valence-electron chi connectivity index (χ4n) is 1.38. The fourth-order valence-corrected chi connectivity index (χ4v) is 1.55. The minimum atomic E-state index is 0.594. The van der Waals surface area contributed by atoms with Crippen LogP contribution in [0.25, 0.3) is 0 Å². The Balaban J connectivity index is 3.14. The van der Waals surface area contributed by atoms with Crippen LogP contribution in [0.5, 0.6) is 5.75 Å². The fraction of sp³-hybridized carbons (Fsp3) is 0.364. The summed E-state index contributed by atoms with van der Waals surface area (Å²) in [5, 5.41) is 12.8. The minimum absolute atomic E-state index is 0.594. The van der Waals surface area contributed by atoms with Crippen molar-refractivity contribution < 1.29 is 9.94 Å². The van der Waals surface area contributed by atoms with Crippen molar-refractivity contribution in [2.45, 2.75) is 19.8 Å². The number of rotatable bonds is 4. The molecule has 0 saturated heterocycles. The number of benzene rings is 1. The van der Waals surface area contributed by atoms with Crippen LogP contribution in [0.3, 0.4) is 0 Å². The molecule has 4 heteroatoms. The molecule has 15 heavy (non-hydrogen) atoms. The van der Waals surface area contributed by atoms with Gasteiger partial charge in [-0.3, -0.25) is 0 Å². The summed E-state index contributed by atoms with van der Waals surface area (Å²) in [6.45, 7) is 2.02. The molecule has 0 bridgehead atoms. The molecule has 0 aliphatic rings. The average Bonchev–Trinajstić information content (AvgIpc) is 2.26. The summed E-state index contributed by atoms with van der Waals surface area (Å²) in [5.74, 6) is 0.667. The van der Waals surface area contributed by atoms with E-state index < -0.39 is 0 Å². The smallest absolute Gasteiger partial charge is 0.128 e. The van der Waals surface area contributed by atoms with Crippen molar-refractivity contribution in [3.8, 4) is 5.75 Å². The summed E-state index contributed by atoms with van der Waals surface area (Å²) in [7, 11) is 1.58. The van der Waals surface area contributed by atoms with Gasteiger partial charge in [0.05, 0.1) is 12.8 Å². The van der Waals surface area contributed by atoms with Gasteiger partial charge in [-0.15, -0.1) is 0 Å². The van der Waals surface area contributed by atoms with Gasteiger partial charge in [-0.05, 0) is 24.6 Å². The number of hydrogen-bond donors (Lipinski definition) is 1. The van der Waals surface area contributed by atoms with E-state index in [1.54, 1.807) is 25.3 Å². The molecule has 0 amide bonds. The highest BCUT2D eigenvalue weighted by Gasteiger charge is 2.10. The molecular weight excluding hydrogens is 214 g/mol. The Morgan fingerprint density at radius 3 is 2.80 bits per heavy atom. The highest BCUT2D eigenvalue weighted by atomic mass is 35.5. The van der Waals surface area contributed by atoms with Crippen molar-refractivity contribution in [1.29, 1.82) is 0 Å². The quantitative estimate of drug-likeness (QED) is 0.487. The van der Waals surface area contributed by atoms with E-state index in [-0.39, 0.29) is 0 Å². The van der Waals surface area contributed by atoms with E-state index >= 15 is 0 Å². The first-order valence-electron chi connectivity index (χ1n) is 4.77. The van der Waals surface area contributed by atoms with Crippen molar-refractivity contribution in [1.82, 2.24) is 0 Å². The molecule has 0 fully saturated rings. The minimum Gasteiger partial charge on any atom is -0.496 e. The van der Waals surface area contributed by atoms with Crippen molar-refractivity contribution >= 4 is 17.3 Å². The topological polar surface area (TPSA) is 41.8 Å². The van der Waals surface area contributed by atoms with E-state index in [9.17, 15) is 0 Å². The average molecular weight is 228 g/mol. The maximum Gasteiger partial charge on any atom is 0.128 e. The van der Waals surface area contributed by atoms with Crippen molar-refractivity contribution in [3.05, 3.63) is 28.8 Å². The van der Waals surface area contributed by atoms with Crippen molar-refractivity contribution in [2.75, 3.05) is 7.11 Å². The molecule has 3 nitrogen and oxygen atoms in total. The zero-order chi connectivity index (χ0) is 11.3. The van der Waals surface area contributed by atoms with Gasteiger partial charge in [0, 0.05) is 10.6 Å². The molecule has 1 rings (SSSR count). The molecule has 0 aromatic heterocycles. The molecule has 0 radical (unpaired) electrons. The Labute approximate surface area is 94.3 Å². The maximum atomic E-state index is 8.91. The Kier molecular flexibility index (Phi) is 4.43. The predicted octanol–water partition coefficient (Wildman–Crippen LogP) is 3.33. The standard InChI is InChI=1S/C11H14ClNO2/c1-3-4-10(13-14)9-7-8(12)5-6-11(9)15-2/h5-7,14H,3-4H2,1-2H3/b13-10+. The van der Waals surface area contributed by atoms with E-state index in [0.29, 0.717) is 22.9 Å². The number of oxime groups is 1. The molecule has 1 aromatic rings. The highest BCUT2D eigenvalue weighted by molar-refractivity contribution is 6.31. The summed E-state index contributed by atoms with van der Waals surface area (Å²) in [6.07, 6.45) is 1.59. The highest BCUT2D eigenvalue weighted by Crippen LogP contribution is 2.24. The zero-order valence-corrected chi connectivity index (χ0v) is 9.58. The number of hydrogen-bond acceptors (Lipinski definition) is 3. The lowest BCUT2D eigenvalue weighted by Crippen LogP contribution is -2.03. The molecule has 0 aliphatic carbocycles. The monoisotopic (exact) mass is 227 g/mol. The van der Waals surface area contributed by atoms with Gasteiger partial charge in [0.2, 0.25) is 0 Å². The van der Waals surface area contributed by atoms with E-state index in [1.807, 2.05) is 6.92 Å². The summed E-state index contributed by atoms with van der Waals surface area (Å²) < 4.78 is 5.18. The second-order valence-corrected chi connectivity index (χ2v) is 3.58. The van der Waals surface area contributed by atoms with Crippen molar-refractivity contribution in [2.24, 2.45) is 5.16 Å².